The van der Waals surface area contributed by atoms with E-state index in [4.69, 9.17) is 4.74 Å². The molecule has 0 amide bonds. The molecule has 106 valence electrons. The predicted molar refractivity (Wildman–Crippen MR) is 81.2 cm³/mol. The molecule has 0 bridgehead atoms. The van der Waals surface area contributed by atoms with Crippen LogP contribution in [0.25, 0.3) is 10.9 Å². The molecule has 1 aromatic carbocycles. The van der Waals surface area contributed by atoms with Crippen LogP contribution in [0.15, 0.2) is 35.1 Å². The SMILES string of the molecule is COC1CCCC1Nc1cc(=O)n(C)c2ccccc12. The second-order valence-electron chi connectivity index (χ2n) is 5.43. The second-order valence-corrected chi connectivity index (χ2v) is 5.43. The van der Waals surface area contributed by atoms with Crippen LogP contribution in [-0.4, -0.2) is 23.8 Å². The van der Waals surface area contributed by atoms with Crippen molar-refractivity contribution < 1.29 is 4.74 Å². The number of para-hydroxylation sites is 1. The van der Waals surface area contributed by atoms with E-state index in [1.54, 1.807) is 17.7 Å². The van der Waals surface area contributed by atoms with Crippen molar-refractivity contribution in [2.24, 2.45) is 7.05 Å². The van der Waals surface area contributed by atoms with Gasteiger partial charge in [0.05, 0.1) is 17.7 Å². The van der Waals surface area contributed by atoms with Crippen molar-refractivity contribution >= 4 is 16.6 Å². The van der Waals surface area contributed by atoms with E-state index in [0.717, 1.165) is 29.4 Å². The summed E-state index contributed by atoms with van der Waals surface area (Å²) in [6, 6.07) is 9.96. The maximum absolute atomic E-state index is 12.1. The Bertz CT molecular complexity index is 678. The zero-order chi connectivity index (χ0) is 14.1. The third-order valence-corrected chi connectivity index (χ3v) is 4.25. The van der Waals surface area contributed by atoms with Crippen molar-refractivity contribution in [1.29, 1.82) is 0 Å². The number of methoxy groups -OCH3 is 1. The van der Waals surface area contributed by atoms with E-state index in [-0.39, 0.29) is 17.7 Å². The minimum atomic E-state index is 0.0122. The van der Waals surface area contributed by atoms with E-state index in [1.165, 1.54) is 6.42 Å². The van der Waals surface area contributed by atoms with Crippen molar-refractivity contribution in [2.75, 3.05) is 12.4 Å². The Balaban J connectivity index is 2.03. The van der Waals surface area contributed by atoms with Gasteiger partial charge >= 0.3 is 0 Å². The zero-order valence-corrected chi connectivity index (χ0v) is 11.9. The highest BCUT2D eigenvalue weighted by Gasteiger charge is 2.27. The summed E-state index contributed by atoms with van der Waals surface area (Å²) in [6.45, 7) is 0. The summed E-state index contributed by atoms with van der Waals surface area (Å²) in [5.41, 5.74) is 1.88. The molecule has 2 unspecified atom stereocenters. The number of aryl methyl sites for hydroxylation is 1. The van der Waals surface area contributed by atoms with Gasteiger partial charge in [-0.15, -0.1) is 0 Å². The first kappa shape index (κ1) is 13.2. The molecule has 4 nitrogen and oxygen atoms in total. The fourth-order valence-corrected chi connectivity index (χ4v) is 3.10. The van der Waals surface area contributed by atoms with Gasteiger partial charge in [0.2, 0.25) is 0 Å². The molecule has 4 heteroatoms. The number of rotatable bonds is 3. The number of pyridine rings is 1. The van der Waals surface area contributed by atoms with Crippen LogP contribution in [0, 0.1) is 0 Å². The first-order valence-electron chi connectivity index (χ1n) is 7.09. The van der Waals surface area contributed by atoms with Gasteiger partial charge in [-0.05, 0) is 25.3 Å². The Hall–Kier alpha value is -1.81. The molecule has 3 rings (SSSR count). The fourth-order valence-electron chi connectivity index (χ4n) is 3.10. The number of nitrogens with zero attached hydrogens (tertiary/aromatic N) is 1. The summed E-state index contributed by atoms with van der Waals surface area (Å²) in [5.74, 6) is 0. The molecule has 20 heavy (non-hydrogen) atoms. The van der Waals surface area contributed by atoms with Crippen LogP contribution in [0.5, 0.6) is 0 Å². The third kappa shape index (κ3) is 2.20. The van der Waals surface area contributed by atoms with Gasteiger partial charge < -0.3 is 14.6 Å². The summed E-state index contributed by atoms with van der Waals surface area (Å²) in [4.78, 5) is 12.1. The van der Waals surface area contributed by atoms with Gasteiger partial charge in [0, 0.05) is 31.3 Å². The highest BCUT2D eigenvalue weighted by Crippen LogP contribution is 2.28. The minimum absolute atomic E-state index is 0.0122. The topological polar surface area (TPSA) is 43.3 Å². The van der Waals surface area contributed by atoms with Gasteiger partial charge in [-0.25, -0.2) is 0 Å². The van der Waals surface area contributed by atoms with Crippen LogP contribution in [0.3, 0.4) is 0 Å². The Morgan fingerprint density at radius 1 is 1.30 bits per heavy atom. The summed E-state index contributed by atoms with van der Waals surface area (Å²) in [6.07, 6.45) is 3.57. The van der Waals surface area contributed by atoms with E-state index in [1.807, 2.05) is 31.3 Å². The van der Waals surface area contributed by atoms with Crippen molar-refractivity contribution in [3.8, 4) is 0 Å². The Kier molecular flexibility index (Phi) is 3.49. The summed E-state index contributed by atoms with van der Waals surface area (Å²) >= 11 is 0. The number of nitrogens with one attached hydrogen (secondary N) is 1. The fraction of sp³-hybridized carbons (Fsp3) is 0.438. The van der Waals surface area contributed by atoms with Crippen LogP contribution in [0.4, 0.5) is 5.69 Å². The van der Waals surface area contributed by atoms with Crippen molar-refractivity contribution in [3.05, 3.63) is 40.7 Å². The Morgan fingerprint density at radius 2 is 2.10 bits per heavy atom. The molecule has 0 aliphatic heterocycles. The van der Waals surface area contributed by atoms with Gasteiger partial charge in [-0.2, -0.15) is 0 Å². The molecular weight excluding hydrogens is 252 g/mol. The van der Waals surface area contributed by atoms with E-state index in [0.29, 0.717) is 0 Å². The number of fused-ring (bicyclic) bond motifs is 1. The van der Waals surface area contributed by atoms with Crippen molar-refractivity contribution in [3.63, 3.8) is 0 Å². The lowest BCUT2D eigenvalue weighted by atomic mass is 10.1. The Morgan fingerprint density at radius 3 is 2.90 bits per heavy atom. The van der Waals surface area contributed by atoms with Gasteiger partial charge in [-0.1, -0.05) is 18.2 Å². The molecular formula is C16H20N2O2. The number of aromatic nitrogens is 1. The maximum atomic E-state index is 12.1. The lowest BCUT2D eigenvalue weighted by Gasteiger charge is -2.22. The number of hydrogen-bond acceptors (Lipinski definition) is 3. The van der Waals surface area contributed by atoms with Gasteiger partial charge in [0.25, 0.3) is 5.56 Å². The minimum Gasteiger partial charge on any atom is -0.379 e. The zero-order valence-electron chi connectivity index (χ0n) is 11.9. The van der Waals surface area contributed by atoms with E-state index in [2.05, 4.69) is 5.32 Å². The van der Waals surface area contributed by atoms with Crippen LogP contribution < -0.4 is 10.9 Å². The number of benzene rings is 1. The normalized spacial score (nSPS) is 22.3. The van der Waals surface area contributed by atoms with Crippen LogP contribution >= 0.6 is 0 Å². The molecule has 1 aliphatic rings. The summed E-state index contributed by atoms with van der Waals surface area (Å²) in [5, 5.41) is 4.59. The molecule has 1 N–H and O–H groups in total. The lowest BCUT2D eigenvalue weighted by molar-refractivity contribution is 0.101. The maximum Gasteiger partial charge on any atom is 0.252 e. The number of ether oxygens (including phenoxy) is 1. The van der Waals surface area contributed by atoms with E-state index in [9.17, 15) is 4.79 Å². The van der Waals surface area contributed by atoms with E-state index >= 15 is 0 Å². The lowest BCUT2D eigenvalue weighted by Crippen LogP contribution is -2.30. The van der Waals surface area contributed by atoms with Gasteiger partial charge in [0.1, 0.15) is 0 Å². The summed E-state index contributed by atoms with van der Waals surface area (Å²) in [7, 11) is 3.56. The second kappa shape index (κ2) is 5.29. The third-order valence-electron chi connectivity index (χ3n) is 4.25. The molecule has 1 aliphatic carbocycles. The molecule has 2 aromatic rings. The highest BCUT2D eigenvalue weighted by atomic mass is 16.5. The van der Waals surface area contributed by atoms with Crippen LogP contribution in [0.1, 0.15) is 19.3 Å². The molecule has 1 aromatic heterocycles. The van der Waals surface area contributed by atoms with E-state index < -0.39 is 0 Å². The molecule has 0 spiro atoms. The smallest absolute Gasteiger partial charge is 0.252 e. The number of anilines is 1. The number of hydrogen-bond donors (Lipinski definition) is 1. The standard InChI is InChI=1S/C16H20N2O2/c1-18-14-8-4-3-6-11(14)13(10-16(18)19)17-12-7-5-9-15(12)20-2/h3-4,6,8,10,12,15,17H,5,7,9H2,1-2H3. The highest BCUT2D eigenvalue weighted by molar-refractivity contribution is 5.91. The molecule has 0 radical (unpaired) electrons. The van der Waals surface area contributed by atoms with Crippen molar-refractivity contribution in [1.82, 2.24) is 4.57 Å². The molecule has 1 fully saturated rings. The quantitative estimate of drug-likeness (QED) is 0.933. The molecule has 2 atom stereocenters. The first-order valence-corrected chi connectivity index (χ1v) is 7.09. The first-order chi connectivity index (χ1) is 9.70. The predicted octanol–water partition coefficient (Wildman–Crippen LogP) is 2.52. The van der Waals surface area contributed by atoms with Crippen LogP contribution in [-0.2, 0) is 11.8 Å². The molecule has 1 saturated carbocycles. The summed E-state index contributed by atoms with van der Waals surface area (Å²) < 4.78 is 7.20. The van der Waals surface area contributed by atoms with Crippen molar-refractivity contribution in [2.45, 2.75) is 31.4 Å². The van der Waals surface area contributed by atoms with Crippen LogP contribution in [0.2, 0.25) is 0 Å². The van der Waals surface area contributed by atoms with Gasteiger partial charge in [-0.3, -0.25) is 4.79 Å². The Labute approximate surface area is 118 Å². The van der Waals surface area contributed by atoms with Gasteiger partial charge in [0.15, 0.2) is 0 Å². The largest absolute Gasteiger partial charge is 0.379 e. The monoisotopic (exact) mass is 272 g/mol. The molecule has 0 saturated heterocycles. The average molecular weight is 272 g/mol. The molecule has 1 heterocycles. The average Bonchev–Trinajstić information content (AvgIpc) is 2.92.